The number of esters is 1. The number of rotatable bonds is 6. The fraction of sp³-hybridized carbons (Fsp3) is 0.231. The molecule has 2 aliphatic heterocycles. The lowest BCUT2D eigenvalue weighted by Crippen LogP contribution is -2.49. The van der Waals surface area contributed by atoms with E-state index in [9.17, 15) is 31.2 Å². The summed E-state index contributed by atoms with van der Waals surface area (Å²) < 4.78 is 84.4. The van der Waals surface area contributed by atoms with Gasteiger partial charge in [0.25, 0.3) is 5.91 Å². The van der Waals surface area contributed by atoms with Gasteiger partial charge in [-0.15, -0.1) is 0 Å². The van der Waals surface area contributed by atoms with Crippen LogP contribution in [-0.4, -0.2) is 44.0 Å². The summed E-state index contributed by atoms with van der Waals surface area (Å²) in [6.07, 6.45) is -5.09. The van der Waals surface area contributed by atoms with Crippen molar-refractivity contribution in [1.82, 2.24) is 4.31 Å². The number of amides is 1. The first-order valence-corrected chi connectivity index (χ1v) is 13.1. The lowest BCUT2D eigenvalue weighted by atomic mass is 9.96. The van der Waals surface area contributed by atoms with Gasteiger partial charge in [0.2, 0.25) is 16.8 Å². The normalized spacial score (nSPS) is 16.8. The summed E-state index contributed by atoms with van der Waals surface area (Å²) in [6, 6.07) is 13.6. The van der Waals surface area contributed by atoms with Gasteiger partial charge in [-0.3, -0.25) is 9.59 Å². The van der Waals surface area contributed by atoms with Crippen molar-refractivity contribution in [2.75, 3.05) is 18.7 Å². The van der Waals surface area contributed by atoms with Gasteiger partial charge in [-0.2, -0.15) is 17.5 Å². The average Bonchev–Trinajstić information content (AvgIpc) is 3.38. The molecule has 0 aromatic heterocycles. The van der Waals surface area contributed by atoms with E-state index in [0.29, 0.717) is 38.7 Å². The highest BCUT2D eigenvalue weighted by Gasteiger charge is 2.44. The van der Waals surface area contributed by atoms with Crippen LogP contribution in [-0.2, 0) is 43.5 Å². The van der Waals surface area contributed by atoms with Crippen LogP contribution >= 0.6 is 0 Å². The van der Waals surface area contributed by atoms with Crippen molar-refractivity contribution in [3.63, 3.8) is 0 Å². The zero-order valence-electron chi connectivity index (χ0n) is 20.1. The Morgan fingerprint density at radius 1 is 0.974 bits per heavy atom. The molecule has 13 heteroatoms. The molecule has 0 aliphatic carbocycles. The SMILES string of the molecule is O=C(COC(=O)[C@H]1Cc2ccccc2CN1S(=O)(=O)c1ccccc1C(F)(F)F)Nc1ccc2c(c1)OCO2. The van der Waals surface area contributed by atoms with Crippen LogP contribution < -0.4 is 14.8 Å². The summed E-state index contributed by atoms with van der Waals surface area (Å²) >= 11 is 0. The first-order chi connectivity index (χ1) is 18.5. The zero-order chi connectivity index (χ0) is 27.8. The molecule has 3 aromatic carbocycles. The Morgan fingerprint density at radius 3 is 2.44 bits per heavy atom. The first kappa shape index (κ1) is 26.5. The van der Waals surface area contributed by atoms with Crippen molar-refractivity contribution in [3.05, 3.63) is 83.4 Å². The summed E-state index contributed by atoms with van der Waals surface area (Å²) in [5.74, 6) is -0.857. The van der Waals surface area contributed by atoms with E-state index in [-0.39, 0.29) is 19.8 Å². The van der Waals surface area contributed by atoms with Gasteiger partial charge in [-0.05, 0) is 35.4 Å². The molecule has 204 valence electrons. The Balaban J connectivity index is 1.37. The van der Waals surface area contributed by atoms with E-state index in [1.807, 2.05) is 0 Å². The third-order valence-corrected chi connectivity index (χ3v) is 8.17. The van der Waals surface area contributed by atoms with E-state index in [0.717, 1.165) is 12.1 Å². The van der Waals surface area contributed by atoms with E-state index < -0.39 is 51.2 Å². The molecule has 0 saturated heterocycles. The minimum Gasteiger partial charge on any atom is -0.454 e. The summed E-state index contributed by atoms with van der Waals surface area (Å²) in [7, 11) is -4.82. The summed E-state index contributed by atoms with van der Waals surface area (Å²) in [5, 5.41) is 2.53. The topological polar surface area (TPSA) is 111 Å². The third kappa shape index (κ3) is 5.40. The van der Waals surface area contributed by atoms with Crippen molar-refractivity contribution in [2.24, 2.45) is 0 Å². The number of hydrogen-bond acceptors (Lipinski definition) is 7. The Labute approximate surface area is 221 Å². The fourth-order valence-electron chi connectivity index (χ4n) is 4.41. The van der Waals surface area contributed by atoms with Crippen LogP contribution in [0, 0.1) is 0 Å². The molecule has 5 rings (SSSR count). The van der Waals surface area contributed by atoms with E-state index in [1.165, 1.54) is 12.1 Å². The smallest absolute Gasteiger partial charge is 0.417 e. The highest BCUT2D eigenvalue weighted by atomic mass is 32.2. The van der Waals surface area contributed by atoms with Crippen LogP contribution in [0.25, 0.3) is 0 Å². The number of benzene rings is 3. The number of nitrogens with one attached hydrogen (secondary N) is 1. The van der Waals surface area contributed by atoms with Gasteiger partial charge in [0.15, 0.2) is 18.1 Å². The van der Waals surface area contributed by atoms with Crippen molar-refractivity contribution in [1.29, 1.82) is 0 Å². The molecular weight excluding hydrogens is 541 g/mol. The van der Waals surface area contributed by atoms with Gasteiger partial charge in [0, 0.05) is 24.7 Å². The second-order valence-corrected chi connectivity index (χ2v) is 10.6. The molecule has 1 N–H and O–H groups in total. The molecule has 0 spiro atoms. The monoisotopic (exact) mass is 562 g/mol. The predicted octanol–water partition coefficient (Wildman–Crippen LogP) is 3.73. The number of ether oxygens (including phenoxy) is 3. The van der Waals surface area contributed by atoms with Crippen LogP contribution in [0.5, 0.6) is 11.5 Å². The van der Waals surface area contributed by atoms with Crippen molar-refractivity contribution < 1.29 is 45.4 Å². The minimum absolute atomic E-state index is 0.0434. The maximum atomic E-state index is 13.7. The Bertz CT molecular complexity index is 1540. The Kier molecular flexibility index (Phi) is 6.95. The van der Waals surface area contributed by atoms with Gasteiger partial charge in [0.05, 0.1) is 10.5 Å². The van der Waals surface area contributed by atoms with Crippen LogP contribution in [0.4, 0.5) is 18.9 Å². The fourth-order valence-corrected chi connectivity index (χ4v) is 6.18. The quantitative estimate of drug-likeness (QED) is 0.456. The maximum Gasteiger partial charge on any atom is 0.417 e. The number of fused-ring (bicyclic) bond motifs is 2. The molecule has 1 atom stereocenters. The molecule has 2 aliphatic rings. The highest BCUT2D eigenvalue weighted by molar-refractivity contribution is 7.89. The van der Waals surface area contributed by atoms with Gasteiger partial charge in [-0.1, -0.05) is 36.4 Å². The molecule has 0 unspecified atom stereocenters. The second kappa shape index (κ2) is 10.2. The number of nitrogens with zero attached hydrogens (tertiary/aromatic N) is 1. The van der Waals surface area contributed by atoms with Crippen LogP contribution in [0.15, 0.2) is 71.6 Å². The molecule has 3 aromatic rings. The summed E-state index contributed by atoms with van der Waals surface area (Å²) in [4.78, 5) is 24.6. The molecule has 0 saturated carbocycles. The number of carbonyl (C=O) groups excluding carboxylic acids is 2. The molecule has 0 fully saturated rings. The molecule has 1 amide bonds. The van der Waals surface area contributed by atoms with E-state index >= 15 is 0 Å². The molecule has 0 bridgehead atoms. The number of carbonyl (C=O) groups is 2. The van der Waals surface area contributed by atoms with E-state index in [1.54, 1.807) is 36.4 Å². The number of halogens is 3. The average molecular weight is 563 g/mol. The molecular formula is C26H21F3N2O7S. The number of hydrogen-bond donors (Lipinski definition) is 1. The highest BCUT2D eigenvalue weighted by Crippen LogP contribution is 2.38. The van der Waals surface area contributed by atoms with Crippen molar-refractivity contribution >= 4 is 27.6 Å². The van der Waals surface area contributed by atoms with Gasteiger partial charge < -0.3 is 19.5 Å². The Morgan fingerprint density at radius 2 is 1.67 bits per heavy atom. The number of anilines is 1. The summed E-state index contributed by atoms with van der Waals surface area (Å²) in [5.41, 5.74) is 0.175. The van der Waals surface area contributed by atoms with Gasteiger partial charge in [-0.25, -0.2) is 8.42 Å². The Hall–Kier alpha value is -4.10. The van der Waals surface area contributed by atoms with E-state index in [2.05, 4.69) is 5.32 Å². The van der Waals surface area contributed by atoms with E-state index in [4.69, 9.17) is 14.2 Å². The van der Waals surface area contributed by atoms with Gasteiger partial charge >= 0.3 is 12.1 Å². The van der Waals surface area contributed by atoms with Crippen LogP contribution in [0.1, 0.15) is 16.7 Å². The molecule has 2 heterocycles. The largest absolute Gasteiger partial charge is 0.454 e. The second-order valence-electron chi connectivity index (χ2n) is 8.76. The number of sulfonamides is 1. The van der Waals surface area contributed by atoms with Crippen molar-refractivity contribution in [2.45, 2.75) is 30.1 Å². The molecule has 9 nitrogen and oxygen atoms in total. The predicted molar refractivity (Wildman–Crippen MR) is 130 cm³/mol. The molecule has 0 radical (unpaired) electrons. The maximum absolute atomic E-state index is 13.7. The zero-order valence-corrected chi connectivity index (χ0v) is 20.9. The first-order valence-electron chi connectivity index (χ1n) is 11.6. The van der Waals surface area contributed by atoms with Crippen LogP contribution in [0.2, 0.25) is 0 Å². The minimum atomic E-state index is -4.94. The standard InChI is InChI=1S/C26H21F3N2O7S/c27-26(28,29)19-7-3-4-8-23(19)39(34,35)31-13-17-6-2-1-5-16(17)11-20(31)25(33)36-14-24(32)30-18-9-10-21-22(12-18)38-15-37-21/h1-10,12,20H,11,13-15H2,(H,30,32)/t20-/m1/s1. The molecule has 39 heavy (non-hydrogen) atoms. The van der Waals surface area contributed by atoms with Crippen LogP contribution in [0.3, 0.4) is 0 Å². The third-order valence-electron chi connectivity index (χ3n) is 6.26. The lowest BCUT2D eigenvalue weighted by Gasteiger charge is -2.34. The lowest BCUT2D eigenvalue weighted by molar-refractivity contribution is -0.151. The van der Waals surface area contributed by atoms with Gasteiger partial charge in [0.1, 0.15) is 6.04 Å². The van der Waals surface area contributed by atoms with Crippen molar-refractivity contribution in [3.8, 4) is 11.5 Å². The number of alkyl halides is 3. The summed E-state index contributed by atoms with van der Waals surface area (Å²) in [6.45, 7) is -1.06.